The number of rotatable bonds is 2. The first-order chi connectivity index (χ1) is 6.27. The van der Waals surface area contributed by atoms with Crippen molar-refractivity contribution in [2.45, 2.75) is 32.0 Å². The molecule has 1 aliphatic heterocycles. The number of hydrogen-bond donors (Lipinski definition) is 1. The second-order valence-corrected chi connectivity index (χ2v) is 4.46. The normalized spacial score (nSPS) is 24.9. The third kappa shape index (κ3) is 1.89. The van der Waals surface area contributed by atoms with Gasteiger partial charge in [0, 0.05) is 11.4 Å². The first-order valence-corrected chi connectivity index (χ1v) is 5.45. The van der Waals surface area contributed by atoms with E-state index in [-0.39, 0.29) is 6.04 Å². The zero-order valence-electron chi connectivity index (χ0n) is 7.59. The van der Waals surface area contributed by atoms with Crippen LogP contribution in [0.15, 0.2) is 5.38 Å². The van der Waals surface area contributed by atoms with Crippen molar-refractivity contribution in [2.75, 3.05) is 6.54 Å². The molecule has 2 atom stereocenters. The van der Waals surface area contributed by atoms with Crippen LogP contribution >= 0.6 is 11.3 Å². The smallest absolute Gasteiger partial charge is 0.158 e. The van der Waals surface area contributed by atoms with E-state index in [1.54, 1.807) is 0 Å². The number of aryl methyl sites for hydroxylation is 1. The van der Waals surface area contributed by atoms with Crippen LogP contribution in [0.3, 0.4) is 0 Å². The lowest BCUT2D eigenvalue weighted by Crippen LogP contribution is -2.26. The molecular weight excluding hydrogens is 187 g/mol. The fourth-order valence-electron chi connectivity index (χ4n) is 1.67. The van der Waals surface area contributed by atoms with Gasteiger partial charge in [-0.25, -0.2) is 9.37 Å². The van der Waals surface area contributed by atoms with Crippen molar-refractivity contribution in [3.63, 3.8) is 0 Å². The predicted octanol–water partition coefficient (Wildman–Crippen LogP) is 2.21. The molecule has 1 saturated heterocycles. The maximum absolute atomic E-state index is 13.7. The van der Waals surface area contributed by atoms with E-state index in [1.807, 2.05) is 12.3 Å². The number of nitrogens with one attached hydrogen (secondary N) is 1. The Morgan fingerprint density at radius 3 is 3.15 bits per heavy atom. The lowest BCUT2D eigenvalue weighted by Gasteiger charge is -2.13. The van der Waals surface area contributed by atoms with Crippen LogP contribution < -0.4 is 5.32 Å². The predicted molar refractivity (Wildman–Crippen MR) is 51.7 cm³/mol. The summed E-state index contributed by atoms with van der Waals surface area (Å²) in [6.07, 6.45) is 1.08. The first kappa shape index (κ1) is 9.09. The summed E-state index contributed by atoms with van der Waals surface area (Å²) in [5.74, 6) is 0. The molecule has 0 bridgehead atoms. The third-order valence-corrected chi connectivity index (χ3v) is 3.16. The van der Waals surface area contributed by atoms with Gasteiger partial charge in [0.25, 0.3) is 0 Å². The van der Waals surface area contributed by atoms with Crippen LogP contribution in [-0.2, 0) is 0 Å². The van der Waals surface area contributed by atoms with Gasteiger partial charge in [-0.3, -0.25) is 0 Å². The standard InChI is InChI=1S/C9H13FN2S/c1-6-12-8(5-13-6)9(10)7-3-2-4-11-7/h5,7,9,11H,2-4H2,1H3. The minimum absolute atomic E-state index is 0.0125. The monoisotopic (exact) mass is 200 g/mol. The minimum Gasteiger partial charge on any atom is -0.311 e. The van der Waals surface area contributed by atoms with Gasteiger partial charge in [0.1, 0.15) is 0 Å². The van der Waals surface area contributed by atoms with Crippen molar-refractivity contribution in [3.8, 4) is 0 Å². The summed E-state index contributed by atoms with van der Waals surface area (Å²) in [6, 6.07) is -0.0125. The summed E-state index contributed by atoms with van der Waals surface area (Å²) in [6.45, 7) is 2.84. The molecule has 1 aromatic heterocycles. The van der Waals surface area contributed by atoms with E-state index in [0.717, 1.165) is 24.4 Å². The second kappa shape index (κ2) is 3.72. The van der Waals surface area contributed by atoms with Crippen LogP contribution in [0.4, 0.5) is 4.39 Å². The Morgan fingerprint density at radius 2 is 2.62 bits per heavy atom. The molecule has 1 fully saturated rings. The van der Waals surface area contributed by atoms with Gasteiger partial charge in [-0.15, -0.1) is 11.3 Å². The number of hydrogen-bond acceptors (Lipinski definition) is 3. The van der Waals surface area contributed by atoms with Gasteiger partial charge >= 0.3 is 0 Å². The SMILES string of the molecule is Cc1nc(C(F)C2CCCN2)cs1. The average Bonchev–Trinajstić information content (AvgIpc) is 2.72. The quantitative estimate of drug-likeness (QED) is 0.791. The number of thiazole rings is 1. The lowest BCUT2D eigenvalue weighted by atomic mass is 10.1. The largest absolute Gasteiger partial charge is 0.311 e. The third-order valence-electron chi connectivity index (χ3n) is 2.37. The number of alkyl halides is 1. The van der Waals surface area contributed by atoms with E-state index in [4.69, 9.17) is 0 Å². The molecule has 0 saturated carbocycles. The number of nitrogens with zero attached hydrogens (tertiary/aromatic N) is 1. The molecule has 0 aromatic carbocycles. The van der Waals surface area contributed by atoms with Crippen LogP contribution in [0.25, 0.3) is 0 Å². The zero-order chi connectivity index (χ0) is 9.26. The fourth-order valence-corrected chi connectivity index (χ4v) is 2.31. The van der Waals surface area contributed by atoms with Gasteiger partial charge < -0.3 is 5.32 Å². The Morgan fingerprint density at radius 1 is 1.77 bits per heavy atom. The molecule has 1 aromatic rings. The van der Waals surface area contributed by atoms with E-state index >= 15 is 0 Å². The first-order valence-electron chi connectivity index (χ1n) is 4.57. The van der Waals surface area contributed by atoms with Crippen LogP contribution in [0.1, 0.15) is 29.7 Å². The van der Waals surface area contributed by atoms with Crippen LogP contribution in [0, 0.1) is 6.92 Å². The molecule has 1 aliphatic rings. The van der Waals surface area contributed by atoms with Gasteiger partial charge in [0.05, 0.1) is 10.7 Å². The highest BCUT2D eigenvalue weighted by atomic mass is 32.1. The molecule has 0 spiro atoms. The molecule has 4 heteroatoms. The van der Waals surface area contributed by atoms with Crippen molar-refractivity contribution in [3.05, 3.63) is 16.1 Å². The summed E-state index contributed by atoms with van der Waals surface area (Å²) in [5.41, 5.74) is 0.599. The molecule has 2 rings (SSSR count). The molecule has 2 heterocycles. The van der Waals surface area contributed by atoms with E-state index < -0.39 is 6.17 Å². The highest BCUT2D eigenvalue weighted by molar-refractivity contribution is 7.09. The van der Waals surface area contributed by atoms with Crippen LogP contribution in [-0.4, -0.2) is 17.6 Å². The second-order valence-electron chi connectivity index (χ2n) is 3.40. The Labute approximate surface area is 81.2 Å². The zero-order valence-corrected chi connectivity index (χ0v) is 8.40. The van der Waals surface area contributed by atoms with Gasteiger partial charge in [0.2, 0.25) is 0 Å². The summed E-state index contributed by atoms with van der Waals surface area (Å²) in [4.78, 5) is 4.16. The summed E-state index contributed by atoms with van der Waals surface area (Å²) >= 11 is 1.51. The van der Waals surface area contributed by atoms with Gasteiger partial charge in [-0.05, 0) is 26.3 Å². The molecule has 0 aliphatic carbocycles. The Balaban J connectivity index is 2.07. The van der Waals surface area contributed by atoms with E-state index in [0.29, 0.717) is 5.69 Å². The lowest BCUT2D eigenvalue weighted by molar-refractivity contribution is 0.266. The van der Waals surface area contributed by atoms with E-state index in [1.165, 1.54) is 11.3 Å². The van der Waals surface area contributed by atoms with E-state index in [2.05, 4.69) is 10.3 Å². The van der Waals surface area contributed by atoms with Crippen LogP contribution in [0.2, 0.25) is 0 Å². The molecule has 2 nitrogen and oxygen atoms in total. The van der Waals surface area contributed by atoms with Crippen molar-refractivity contribution < 1.29 is 4.39 Å². The maximum atomic E-state index is 13.7. The van der Waals surface area contributed by atoms with Gasteiger partial charge in [0.15, 0.2) is 6.17 Å². The summed E-state index contributed by atoms with van der Waals surface area (Å²) in [5, 5.41) is 5.91. The molecule has 72 valence electrons. The van der Waals surface area contributed by atoms with Crippen molar-refractivity contribution >= 4 is 11.3 Å². The highest BCUT2D eigenvalue weighted by Gasteiger charge is 2.27. The Bertz CT molecular complexity index is 281. The van der Waals surface area contributed by atoms with Crippen molar-refractivity contribution in [1.29, 1.82) is 0 Å². The molecule has 2 unspecified atom stereocenters. The number of halogens is 1. The molecule has 0 amide bonds. The summed E-state index contributed by atoms with van der Waals surface area (Å²) in [7, 11) is 0. The average molecular weight is 200 g/mol. The Hall–Kier alpha value is -0.480. The molecule has 1 N–H and O–H groups in total. The van der Waals surface area contributed by atoms with Crippen molar-refractivity contribution in [2.24, 2.45) is 0 Å². The molecule has 13 heavy (non-hydrogen) atoms. The molecule has 0 radical (unpaired) electrons. The Kier molecular flexibility index (Phi) is 2.60. The van der Waals surface area contributed by atoms with Crippen LogP contribution in [0.5, 0.6) is 0 Å². The molecular formula is C9H13FN2S. The maximum Gasteiger partial charge on any atom is 0.158 e. The fraction of sp³-hybridized carbons (Fsp3) is 0.667. The van der Waals surface area contributed by atoms with Gasteiger partial charge in [-0.1, -0.05) is 0 Å². The van der Waals surface area contributed by atoms with Gasteiger partial charge in [-0.2, -0.15) is 0 Å². The van der Waals surface area contributed by atoms with Crippen molar-refractivity contribution in [1.82, 2.24) is 10.3 Å². The highest BCUT2D eigenvalue weighted by Crippen LogP contribution is 2.27. The topological polar surface area (TPSA) is 24.9 Å². The number of aromatic nitrogens is 1. The van der Waals surface area contributed by atoms with E-state index in [9.17, 15) is 4.39 Å². The summed E-state index contributed by atoms with van der Waals surface area (Å²) < 4.78 is 13.7. The minimum atomic E-state index is -0.924.